The zero-order valence-corrected chi connectivity index (χ0v) is 8.62. The Labute approximate surface area is 80.4 Å². The van der Waals surface area contributed by atoms with Gasteiger partial charge in [-0.1, -0.05) is 0 Å². The summed E-state index contributed by atoms with van der Waals surface area (Å²) in [7, 11) is 0. The molecule has 0 aromatic rings. The maximum absolute atomic E-state index is 5.69. The first kappa shape index (κ1) is 9.44. The second kappa shape index (κ2) is 3.95. The van der Waals surface area contributed by atoms with Crippen LogP contribution in [0.15, 0.2) is 0 Å². The molecule has 0 aliphatic carbocycles. The van der Waals surface area contributed by atoms with E-state index in [0.717, 1.165) is 19.0 Å². The van der Waals surface area contributed by atoms with E-state index >= 15 is 0 Å². The van der Waals surface area contributed by atoms with Crippen molar-refractivity contribution in [3.8, 4) is 0 Å². The van der Waals surface area contributed by atoms with Gasteiger partial charge in [-0.3, -0.25) is 4.90 Å². The average Bonchev–Trinajstić information content (AvgIpc) is 1.95. The Bertz CT molecular complexity index is 160. The van der Waals surface area contributed by atoms with E-state index in [-0.39, 0.29) is 0 Å². The number of ether oxygens (including phenoxy) is 1. The van der Waals surface area contributed by atoms with Gasteiger partial charge in [-0.25, -0.2) is 0 Å². The van der Waals surface area contributed by atoms with Crippen LogP contribution in [0, 0.1) is 5.92 Å². The molecule has 0 saturated carbocycles. The summed E-state index contributed by atoms with van der Waals surface area (Å²) in [6, 6.07) is 0. The van der Waals surface area contributed by atoms with Crippen molar-refractivity contribution in [2.75, 3.05) is 32.7 Å². The third-order valence-corrected chi connectivity index (χ3v) is 2.88. The summed E-state index contributed by atoms with van der Waals surface area (Å²) in [5.74, 6) is 0.887. The Balaban J connectivity index is 1.77. The zero-order chi connectivity index (χ0) is 9.26. The van der Waals surface area contributed by atoms with E-state index in [1.54, 1.807) is 0 Å². The van der Waals surface area contributed by atoms with Crippen LogP contribution < -0.4 is 5.32 Å². The molecular formula is C10H20N2O. The molecule has 2 heterocycles. The lowest BCUT2D eigenvalue weighted by Crippen LogP contribution is -2.53. The summed E-state index contributed by atoms with van der Waals surface area (Å²) >= 11 is 0. The summed E-state index contributed by atoms with van der Waals surface area (Å²) in [5, 5.41) is 3.32. The van der Waals surface area contributed by atoms with Gasteiger partial charge in [0.05, 0.1) is 12.2 Å². The highest BCUT2D eigenvalue weighted by Crippen LogP contribution is 2.13. The van der Waals surface area contributed by atoms with Crippen LogP contribution in [0.25, 0.3) is 0 Å². The predicted molar refractivity (Wildman–Crippen MR) is 52.8 cm³/mol. The van der Waals surface area contributed by atoms with Crippen molar-refractivity contribution in [1.29, 1.82) is 0 Å². The molecule has 0 aromatic carbocycles. The average molecular weight is 184 g/mol. The topological polar surface area (TPSA) is 24.5 Å². The molecule has 2 saturated heterocycles. The molecule has 13 heavy (non-hydrogen) atoms. The molecule has 2 atom stereocenters. The highest BCUT2D eigenvalue weighted by molar-refractivity contribution is 4.81. The second-order valence-corrected chi connectivity index (χ2v) is 4.50. The molecule has 3 heteroatoms. The van der Waals surface area contributed by atoms with Crippen LogP contribution >= 0.6 is 0 Å². The van der Waals surface area contributed by atoms with Gasteiger partial charge in [0.2, 0.25) is 0 Å². The van der Waals surface area contributed by atoms with Crippen LogP contribution in [0.5, 0.6) is 0 Å². The monoisotopic (exact) mass is 184 g/mol. The van der Waals surface area contributed by atoms with Crippen LogP contribution in [0.2, 0.25) is 0 Å². The predicted octanol–water partition coefficient (Wildman–Crippen LogP) is 0.315. The molecule has 2 aliphatic heterocycles. The normalized spacial score (nSPS) is 37.4. The molecule has 2 unspecified atom stereocenters. The molecule has 2 rings (SSSR count). The first-order chi connectivity index (χ1) is 6.24. The molecular weight excluding hydrogens is 164 g/mol. The fourth-order valence-corrected chi connectivity index (χ4v) is 2.28. The first-order valence-electron chi connectivity index (χ1n) is 5.32. The number of hydrogen-bond donors (Lipinski definition) is 1. The quantitative estimate of drug-likeness (QED) is 0.668. The van der Waals surface area contributed by atoms with E-state index in [1.807, 2.05) is 0 Å². The zero-order valence-electron chi connectivity index (χ0n) is 8.62. The Kier molecular flexibility index (Phi) is 2.86. The molecule has 1 N–H and O–H groups in total. The van der Waals surface area contributed by atoms with E-state index in [1.165, 1.54) is 19.6 Å². The fourth-order valence-electron chi connectivity index (χ4n) is 2.28. The van der Waals surface area contributed by atoms with Gasteiger partial charge >= 0.3 is 0 Å². The van der Waals surface area contributed by atoms with Crippen LogP contribution in [0.4, 0.5) is 0 Å². The number of rotatable bonds is 2. The summed E-state index contributed by atoms with van der Waals surface area (Å²) < 4.78 is 5.69. The lowest BCUT2D eigenvalue weighted by atomic mass is 10.0. The second-order valence-electron chi connectivity index (χ2n) is 4.50. The molecule has 0 radical (unpaired) electrons. The van der Waals surface area contributed by atoms with Crippen LogP contribution in [0.3, 0.4) is 0 Å². The molecule has 0 aromatic heterocycles. The molecule has 2 fully saturated rings. The summed E-state index contributed by atoms with van der Waals surface area (Å²) in [6.45, 7) is 10.2. The maximum atomic E-state index is 5.69. The fraction of sp³-hybridized carbons (Fsp3) is 1.00. The van der Waals surface area contributed by atoms with Crippen molar-refractivity contribution < 1.29 is 4.74 Å². The summed E-state index contributed by atoms with van der Waals surface area (Å²) in [4.78, 5) is 2.55. The van der Waals surface area contributed by atoms with Crippen LogP contribution in [-0.4, -0.2) is 49.8 Å². The van der Waals surface area contributed by atoms with Crippen molar-refractivity contribution in [1.82, 2.24) is 10.2 Å². The van der Waals surface area contributed by atoms with Gasteiger partial charge in [0.15, 0.2) is 0 Å². The van der Waals surface area contributed by atoms with Crippen molar-refractivity contribution in [3.05, 3.63) is 0 Å². The van der Waals surface area contributed by atoms with E-state index in [0.29, 0.717) is 12.2 Å². The Hall–Kier alpha value is -0.120. The van der Waals surface area contributed by atoms with E-state index in [4.69, 9.17) is 4.74 Å². The Morgan fingerprint density at radius 3 is 2.31 bits per heavy atom. The van der Waals surface area contributed by atoms with Gasteiger partial charge in [-0.05, 0) is 19.8 Å². The molecule has 0 amide bonds. The minimum absolute atomic E-state index is 0.414. The minimum atomic E-state index is 0.414. The van der Waals surface area contributed by atoms with Crippen molar-refractivity contribution >= 4 is 0 Å². The molecule has 0 spiro atoms. The minimum Gasteiger partial charge on any atom is -0.373 e. The van der Waals surface area contributed by atoms with Crippen molar-refractivity contribution in [2.45, 2.75) is 26.1 Å². The van der Waals surface area contributed by atoms with E-state index < -0.39 is 0 Å². The van der Waals surface area contributed by atoms with Crippen molar-refractivity contribution in [2.24, 2.45) is 5.92 Å². The lowest BCUT2D eigenvalue weighted by molar-refractivity contribution is -0.0729. The van der Waals surface area contributed by atoms with Gasteiger partial charge in [0.25, 0.3) is 0 Å². The van der Waals surface area contributed by atoms with E-state index in [2.05, 4.69) is 24.1 Å². The largest absolute Gasteiger partial charge is 0.373 e. The molecule has 3 nitrogen and oxygen atoms in total. The van der Waals surface area contributed by atoms with Gasteiger partial charge < -0.3 is 10.1 Å². The van der Waals surface area contributed by atoms with Crippen molar-refractivity contribution in [3.63, 3.8) is 0 Å². The number of hydrogen-bond acceptors (Lipinski definition) is 3. The standard InChI is InChI=1S/C10H20N2O/c1-8-5-12(6-9(2)13-8)7-10-3-11-4-10/h8-11H,3-7H2,1-2H3. The van der Waals surface area contributed by atoms with Gasteiger partial charge in [-0.2, -0.15) is 0 Å². The lowest BCUT2D eigenvalue weighted by Gasteiger charge is -2.39. The molecule has 0 bridgehead atoms. The summed E-state index contributed by atoms with van der Waals surface area (Å²) in [5.41, 5.74) is 0. The third kappa shape index (κ3) is 2.42. The summed E-state index contributed by atoms with van der Waals surface area (Å²) in [6.07, 6.45) is 0.827. The highest BCUT2D eigenvalue weighted by Gasteiger charge is 2.26. The smallest absolute Gasteiger partial charge is 0.0678 e. The first-order valence-corrected chi connectivity index (χ1v) is 5.32. The van der Waals surface area contributed by atoms with Crippen LogP contribution in [0.1, 0.15) is 13.8 Å². The maximum Gasteiger partial charge on any atom is 0.0678 e. The van der Waals surface area contributed by atoms with E-state index in [9.17, 15) is 0 Å². The highest BCUT2D eigenvalue weighted by atomic mass is 16.5. The van der Waals surface area contributed by atoms with Gasteiger partial charge in [-0.15, -0.1) is 0 Å². The number of nitrogens with one attached hydrogen (secondary N) is 1. The van der Waals surface area contributed by atoms with Gasteiger partial charge in [0.1, 0.15) is 0 Å². The van der Waals surface area contributed by atoms with Crippen LogP contribution in [-0.2, 0) is 4.74 Å². The molecule has 76 valence electrons. The Morgan fingerprint density at radius 2 is 1.85 bits per heavy atom. The molecule has 2 aliphatic rings. The Morgan fingerprint density at radius 1 is 1.23 bits per heavy atom. The number of nitrogens with zero attached hydrogens (tertiary/aromatic N) is 1. The van der Waals surface area contributed by atoms with Gasteiger partial charge in [0, 0.05) is 32.7 Å². The SMILES string of the molecule is CC1CN(CC2CNC2)CC(C)O1. The third-order valence-electron chi connectivity index (χ3n) is 2.88. The number of morpholine rings is 1.